The fourth-order valence-corrected chi connectivity index (χ4v) is 2.61. The van der Waals surface area contributed by atoms with Gasteiger partial charge in [-0.05, 0) is 28.8 Å². The first-order valence-electron chi connectivity index (χ1n) is 5.38. The molecule has 0 bridgehead atoms. The van der Waals surface area contributed by atoms with Crippen LogP contribution in [0.3, 0.4) is 0 Å². The van der Waals surface area contributed by atoms with Crippen LogP contribution in [0.5, 0.6) is 0 Å². The Morgan fingerprint density at radius 1 is 1.47 bits per heavy atom. The molecule has 1 heterocycles. The normalized spacial score (nSPS) is 20.5. The predicted molar refractivity (Wildman–Crippen MR) is 59.9 cm³/mol. The Kier molecular flexibility index (Phi) is 3.29. The van der Waals surface area contributed by atoms with E-state index in [1.165, 1.54) is 4.68 Å². The molecular weight excluding hydrogens is 296 g/mol. The van der Waals surface area contributed by atoms with Gasteiger partial charge in [-0.25, -0.2) is 13.5 Å². The van der Waals surface area contributed by atoms with Crippen LogP contribution in [-0.4, -0.2) is 26.7 Å². The maximum absolute atomic E-state index is 13.0. The summed E-state index contributed by atoms with van der Waals surface area (Å²) in [6.45, 7) is 0. The standard InChI is InChI=1S/C10H12BrF2N3O/c1-16-7(9(11)14-15-16)8(17)6-2-4-10(12,13)5-3-6/h6H,2-5H2,1H3. The van der Waals surface area contributed by atoms with Gasteiger partial charge in [-0.2, -0.15) is 0 Å². The highest BCUT2D eigenvalue weighted by Gasteiger charge is 2.38. The number of aryl methyl sites for hydroxylation is 1. The molecule has 4 nitrogen and oxygen atoms in total. The van der Waals surface area contributed by atoms with E-state index in [1.807, 2.05) is 0 Å². The zero-order valence-electron chi connectivity index (χ0n) is 9.29. The minimum absolute atomic E-state index is 0.153. The Labute approximate surface area is 106 Å². The van der Waals surface area contributed by atoms with Crippen LogP contribution in [0.25, 0.3) is 0 Å². The molecule has 0 saturated heterocycles. The van der Waals surface area contributed by atoms with Crippen molar-refractivity contribution >= 4 is 21.7 Å². The van der Waals surface area contributed by atoms with Crippen LogP contribution in [0.4, 0.5) is 8.78 Å². The monoisotopic (exact) mass is 307 g/mol. The van der Waals surface area contributed by atoms with Gasteiger partial charge in [-0.3, -0.25) is 4.79 Å². The summed E-state index contributed by atoms with van der Waals surface area (Å²) >= 11 is 3.14. The molecular formula is C10H12BrF2N3O. The molecule has 0 aromatic carbocycles. The number of aromatic nitrogens is 3. The van der Waals surface area contributed by atoms with Gasteiger partial charge in [0, 0.05) is 25.8 Å². The maximum Gasteiger partial charge on any atom is 0.248 e. The number of carbonyl (C=O) groups is 1. The van der Waals surface area contributed by atoms with Crippen molar-refractivity contribution in [1.29, 1.82) is 0 Å². The van der Waals surface area contributed by atoms with Crippen LogP contribution in [0.2, 0.25) is 0 Å². The molecule has 17 heavy (non-hydrogen) atoms. The molecule has 2 rings (SSSR count). The van der Waals surface area contributed by atoms with Gasteiger partial charge < -0.3 is 0 Å². The first-order chi connectivity index (χ1) is 7.91. The Morgan fingerprint density at radius 2 is 2.06 bits per heavy atom. The molecule has 0 amide bonds. The average Bonchev–Trinajstić information content (AvgIpc) is 2.58. The molecule has 0 spiro atoms. The van der Waals surface area contributed by atoms with Gasteiger partial charge >= 0.3 is 0 Å². The third kappa shape index (κ3) is 2.53. The van der Waals surface area contributed by atoms with Crippen molar-refractivity contribution in [2.75, 3.05) is 0 Å². The quantitative estimate of drug-likeness (QED) is 0.789. The first kappa shape index (κ1) is 12.6. The fraction of sp³-hybridized carbons (Fsp3) is 0.700. The number of hydrogen-bond acceptors (Lipinski definition) is 3. The van der Waals surface area contributed by atoms with E-state index >= 15 is 0 Å². The van der Waals surface area contributed by atoms with E-state index in [1.54, 1.807) is 7.05 Å². The maximum atomic E-state index is 13.0. The molecule has 1 aliphatic carbocycles. The largest absolute Gasteiger partial charge is 0.292 e. The van der Waals surface area contributed by atoms with E-state index < -0.39 is 5.92 Å². The summed E-state index contributed by atoms with van der Waals surface area (Å²) in [5.74, 6) is -3.11. The Morgan fingerprint density at radius 3 is 2.53 bits per heavy atom. The average molecular weight is 308 g/mol. The van der Waals surface area contributed by atoms with E-state index in [9.17, 15) is 13.6 Å². The third-order valence-corrected chi connectivity index (χ3v) is 3.64. The van der Waals surface area contributed by atoms with Gasteiger partial charge in [0.15, 0.2) is 10.4 Å². The summed E-state index contributed by atoms with van der Waals surface area (Å²) in [6.07, 6.45) is 0.0194. The number of hydrogen-bond donors (Lipinski definition) is 0. The molecule has 0 atom stereocenters. The van der Waals surface area contributed by atoms with E-state index in [2.05, 4.69) is 26.2 Å². The summed E-state index contributed by atoms with van der Waals surface area (Å²) in [5, 5.41) is 7.43. The van der Waals surface area contributed by atoms with Crippen molar-refractivity contribution in [2.24, 2.45) is 13.0 Å². The molecule has 1 aliphatic rings. The summed E-state index contributed by atoms with van der Waals surface area (Å²) in [4.78, 5) is 12.1. The second-order valence-corrected chi connectivity index (χ2v) is 5.10. The third-order valence-electron chi connectivity index (χ3n) is 3.11. The fourth-order valence-electron chi connectivity index (χ4n) is 2.09. The topological polar surface area (TPSA) is 47.8 Å². The zero-order chi connectivity index (χ0) is 12.6. The van der Waals surface area contributed by atoms with Crippen molar-refractivity contribution in [1.82, 2.24) is 15.0 Å². The highest BCUT2D eigenvalue weighted by atomic mass is 79.9. The lowest BCUT2D eigenvalue weighted by atomic mass is 9.83. The molecule has 0 radical (unpaired) electrons. The second kappa shape index (κ2) is 4.44. The van der Waals surface area contributed by atoms with E-state index in [0.717, 1.165) is 0 Å². The smallest absolute Gasteiger partial charge is 0.248 e. The highest BCUT2D eigenvalue weighted by molar-refractivity contribution is 9.10. The van der Waals surface area contributed by atoms with Crippen LogP contribution < -0.4 is 0 Å². The SMILES string of the molecule is Cn1nnc(Br)c1C(=O)C1CCC(F)(F)CC1. The molecule has 1 aromatic heterocycles. The van der Waals surface area contributed by atoms with Gasteiger partial charge in [0.25, 0.3) is 0 Å². The first-order valence-corrected chi connectivity index (χ1v) is 6.17. The lowest BCUT2D eigenvalue weighted by Gasteiger charge is -2.27. The van der Waals surface area contributed by atoms with Crippen molar-refractivity contribution in [3.8, 4) is 0 Å². The van der Waals surface area contributed by atoms with Crippen molar-refractivity contribution in [3.05, 3.63) is 10.3 Å². The van der Waals surface area contributed by atoms with Gasteiger partial charge in [0.05, 0.1) is 0 Å². The number of ketones is 1. The van der Waals surface area contributed by atoms with Crippen LogP contribution in [0.1, 0.15) is 36.2 Å². The zero-order valence-corrected chi connectivity index (χ0v) is 10.9. The van der Waals surface area contributed by atoms with Crippen LogP contribution in [0.15, 0.2) is 4.60 Å². The molecule has 1 fully saturated rings. The number of nitrogens with zero attached hydrogens (tertiary/aromatic N) is 3. The van der Waals surface area contributed by atoms with E-state index in [0.29, 0.717) is 10.3 Å². The lowest BCUT2D eigenvalue weighted by molar-refractivity contribution is -0.0425. The Bertz CT molecular complexity index is 417. The number of rotatable bonds is 2. The van der Waals surface area contributed by atoms with Crippen molar-refractivity contribution in [2.45, 2.75) is 31.6 Å². The minimum atomic E-state index is -2.61. The second-order valence-electron chi connectivity index (χ2n) is 4.35. The highest BCUT2D eigenvalue weighted by Crippen LogP contribution is 2.37. The Balaban J connectivity index is 2.12. The van der Waals surface area contributed by atoms with Crippen molar-refractivity contribution in [3.63, 3.8) is 0 Å². The summed E-state index contributed by atoms with van der Waals surface area (Å²) in [6, 6.07) is 0. The molecule has 0 unspecified atom stereocenters. The van der Waals surface area contributed by atoms with Gasteiger partial charge in [0.2, 0.25) is 5.92 Å². The van der Waals surface area contributed by atoms with Crippen LogP contribution in [-0.2, 0) is 7.05 Å². The predicted octanol–water partition coefficient (Wildman–Crippen LogP) is 2.59. The summed E-state index contributed by atoms with van der Waals surface area (Å²) in [5.41, 5.74) is 0.361. The van der Waals surface area contributed by atoms with E-state index in [-0.39, 0.29) is 37.4 Å². The number of halogens is 3. The van der Waals surface area contributed by atoms with Crippen LogP contribution in [0, 0.1) is 5.92 Å². The number of alkyl halides is 2. The van der Waals surface area contributed by atoms with Crippen LogP contribution >= 0.6 is 15.9 Å². The Hall–Kier alpha value is -0.850. The lowest BCUT2D eigenvalue weighted by Crippen LogP contribution is -2.29. The van der Waals surface area contributed by atoms with E-state index in [4.69, 9.17) is 0 Å². The van der Waals surface area contributed by atoms with Gasteiger partial charge in [-0.15, -0.1) is 5.10 Å². The molecule has 0 aliphatic heterocycles. The molecule has 7 heteroatoms. The van der Waals surface area contributed by atoms with Gasteiger partial charge in [-0.1, -0.05) is 5.21 Å². The molecule has 94 valence electrons. The number of carbonyl (C=O) groups excluding carboxylic acids is 1. The molecule has 1 saturated carbocycles. The van der Waals surface area contributed by atoms with Crippen molar-refractivity contribution < 1.29 is 13.6 Å². The van der Waals surface area contributed by atoms with Gasteiger partial charge in [0.1, 0.15) is 5.69 Å². The minimum Gasteiger partial charge on any atom is -0.292 e. The molecule has 1 aromatic rings. The molecule has 0 N–H and O–H groups in total. The number of Topliss-reactive ketones (excluding diaryl/α,β-unsaturated/α-hetero) is 1. The summed E-state index contributed by atoms with van der Waals surface area (Å²) in [7, 11) is 1.61. The summed E-state index contributed by atoms with van der Waals surface area (Å²) < 4.78 is 27.7.